The number of fused-ring (bicyclic) bond motifs is 1. The summed E-state index contributed by atoms with van der Waals surface area (Å²) < 4.78 is 69.0. The van der Waals surface area contributed by atoms with E-state index >= 15 is 0 Å². The van der Waals surface area contributed by atoms with Gasteiger partial charge in [-0.1, -0.05) is 19.9 Å². The molecule has 0 fully saturated rings. The smallest absolute Gasteiger partial charge is 0.376 e. The molecule has 1 aromatic heterocycles. The highest BCUT2D eigenvalue weighted by Crippen LogP contribution is 2.41. The van der Waals surface area contributed by atoms with Crippen LogP contribution in [0.15, 0.2) is 47.6 Å². The molecule has 0 aliphatic carbocycles. The molecule has 1 heterocycles. The van der Waals surface area contributed by atoms with Gasteiger partial charge in [-0.25, -0.2) is 8.78 Å². The van der Waals surface area contributed by atoms with E-state index in [2.05, 4.69) is 15.2 Å². The number of aliphatic imine (C=N–C) groups is 1. The SMILES string of the molecule is CC(C)(CC(O)(/C=N\c1cccc2[nH]ncc12)C(F)(F)F)c1cc(F)ccc1F. The van der Waals surface area contributed by atoms with Crippen molar-refractivity contribution < 1.29 is 27.1 Å². The molecule has 0 saturated heterocycles. The number of rotatable bonds is 5. The van der Waals surface area contributed by atoms with Gasteiger partial charge in [-0.05, 0) is 47.7 Å². The lowest BCUT2D eigenvalue weighted by atomic mass is 9.75. The van der Waals surface area contributed by atoms with Crippen LogP contribution in [0.25, 0.3) is 10.9 Å². The number of halogens is 5. The van der Waals surface area contributed by atoms with Gasteiger partial charge in [0, 0.05) is 11.6 Å². The number of aromatic amines is 1. The van der Waals surface area contributed by atoms with Crippen molar-refractivity contribution in [3.05, 3.63) is 59.8 Å². The molecule has 0 bridgehead atoms. The lowest BCUT2D eigenvalue weighted by Gasteiger charge is -2.35. The van der Waals surface area contributed by atoms with E-state index in [1.165, 1.54) is 26.1 Å². The van der Waals surface area contributed by atoms with Gasteiger partial charge >= 0.3 is 6.18 Å². The van der Waals surface area contributed by atoms with Crippen LogP contribution in [-0.4, -0.2) is 33.3 Å². The van der Waals surface area contributed by atoms with Crippen molar-refractivity contribution in [3.63, 3.8) is 0 Å². The minimum Gasteiger partial charge on any atom is -0.376 e. The van der Waals surface area contributed by atoms with Gasteiger partial charge in [-0.3, -0.25) is 10.1 Å². The molecule has 0 amide bonds. The predicted molar refractivity (Wildman–Crippen MR) is 99.3 cm³/mol. The monoisotopic (exact) mass is 411 g/mol. The van der Waals surface area contributed by atoms with Crippen LogP contribution in [0, 0.1) is 11.6 Å². The topological polar surface area (TPSA) is 61.3 Å². The Labute approximate surface area is 163 Å². The largest absolute Gasteiger partial charge is 0.422 e. The minimum atomic E-state index is -5.10. The molecule has 0 radical (unpaired) electrons. The lowest BCUT2D eigenvalue weighted by Crippen LogP contribution is -2.50. The molecule has 4 nitrogen and oxygen atoms in total. The number of alkyl halides is 3. The number of nitrogens with zero attached hydrogens (tertiary/aromatic N) is 2. The van der Waals surface area contributed by atoms with Crippen LogP contribution in [0.5, 0.6) is 0 Å². The summed E-state index contributed by atoms with van der Waals surface area (Å²) in [6.07, 6.45) is -4.26. The molecule has 3 rings (SSSR count). The molecule has 0 aliphatic heterocycles. The second-order valence-corrected chi connectivity index (χ2v) is 7.47. The summed E-state index contributed by atoms with van der Waals surface area (Å²) in [6.45, 7) is 2.60. The van der Waals surface area contributed by atoms with Crippen LogP contribution >= 0.6 is 0 Å². The van der Waals surface area contributed by atoms with Crippen molar-refractivity contribution in [2.45, 2.75) is 37.5 Å². The molecule has 2 N–H and O–H groups in total. The predicted octanol–water partition coefficient (Wildman–Crippen LogP) is 5.20. The van der Waals surface area contributed by atoms with E-state index in [1.54, 1.807) is 12.1 Å². The summed E-state index contributed by atoms with van der Waals surface area (Å²) in [5, 5.41) is 17.4. The summed E-state index contributed by atoms with van der Waals surface area (Å²) in [6, 6.07) is 7.27. The zero-order valence-corrected chi connectivity index (χ0v) is 15.6. The van der Waals surface area contributed by atoms with Gasteiger partial charge in [0.05, 0.1) is 17.4 Å². The maximum absolute atomic E-state index is 14.2. The standard InChI is InChI=1S/C20H18F5N3O/c1-18(2,14-8-12(21)6-7-15(14)22)10-19(29,20(23,24)25)11-26-16-4-3-5-17-13(16)9-27-28-17/h3-9,11,29H,10H2,1-2H3,(H,27,28)/b26-11-. The zero-order valence-electron chi connectivity index (χ0n) is 15.6. The highest BCUT2D eigenvalue weighted by Gasteiger charge is 2.55. The number of aromatic nitrogens is 2. The van der Waals surface area contributed by atoms with Crippen LogP contribution in [0.2, 0.25) is 0 Å². The third kappa shape index (κ3) is 4.14. The highest BCUT2D eigenvalue weighted by atomic mass is 19.4. The van der Waals surface area contributed by atoms with Gasteiger partial charge in [0.2, 0.25) is 0 Å². The van der Waals surface area contributed by atoms with Crippen LogP contribution < -0.4 is 0 Å². The molecular formula is C20H18F5N3O. The molecule has 0 aliphatic rings. The van der Waals surface area contributed by atoms with Crippen molar-refractivity contribution in [2.75, 3.05) is 0 Å². The van der Waals surface area contributed by atoms with Crippen LogP contribution in [0.4, 0.5) is 27.6 Å². The van der Waals surface area contributed by atoms with E-state index in [4.69, 9.17) is 0 Å². The molecule has 29 heavy (non-hydrogen) atoms. The molecule has 2 aromatic carbocycles. The number of benzene rings is 2. The first-order valence-electron chi connectivity index (χ1n) is 8.65. The van der Waals surface area contributed by atoms with Crippen molar-refractivity contribution >= 4 is 22.8 Å². The Hall–Kier alpha value is -2.81. The Morgan fingerprint density at radius 3 is 2.55 bits per heavy atom. The van der Waals surface area contributed by atoms with Crippen LogP contribution in [-0.2, 0) is 5.41 Å². The first-order chi connectivity index (χ1) is 13.4. The van der Waals surface area contributed by atoms with Crippen molar-refractivity contribution in [1.82, 2.24) is 10.2 Å². The second kappa shape index (κ2) is 7.22. The molecule has 1 unspecified atom stereocenters. The molecule has 0 spiro atoms. The van der Waals surface area contributed by atoms with E-state index < -0.39 is 35.2 Å². The van der Waals surface area contributed by atoms with Gasteiger partial charge in [0.1, 0.15) is 11.6 Å². The van der Waals surface area contributed by atoms with Gasteiger partial charge in [0.15, 0.2) is 5.60 Å². The summed E-state index contributed by atoms with van der Waals surface area (Å²) in [5.41, 5.74) is -4.46. The molecule has 3 aromatic rings. The summed E-state index contributed by atoms with van der Waals surface area (Å²) >= 11 is 0. The maximum Gasteiger partial charge on any atom is 0.422 e. The average Bonchev–Trinajstić information content (AvgIpc) is 3.10. The fourth-order valence-electron chi connectivity index (χ4n) is 3.25. The third-order valence-electron chi connectivity index (χ3n) is 4.74. The maximum atomic E-state index is 14.2. The number of hydrogen-bond acceptors (Lipinski definition) is 3. The normalized spacial score (nSPS) is 15.2. The Morgan fingerprint density at radius 2 is 1.86 bits per heavy atom. The minimum absolute atomic E-state index is 0.175. The quantitative estimate of drug-likeness (QED) is 0.448. The second-order valence-electron chi connectivity index (χ2n) is 7.47. The molecule has 1 atom stereocenters. The van der Waals surface area contributed by atoms with Gasteiger partial charge < -0.3 is 5.11 Å². The Morgan fingerprint density at radius 1 is 1.14 bits per heavy atom. The highest BCUT2D eigenvalue weighted by molar-refractivity contribution is 5.91. The molecule has 0 saturated carbocycles. The first-order valence-corrected chi connectivity index (χ1v) is 8.65. The van der Waals surface area contributed by atoms with E-state index in [1.807, 2.05) is 0 Å². The van der Waals surface area contributed by atoms with Crippen molar-refractivity contribution in [3.8, 4) is 0 Å². The number of hydrogen-bond donors (Lipinski definition) is 2. The fourth-order valence-corrected chi connectivity index (χ4v) is 3.25. The number of H-pyrrole nitrogens is 1. The number of aliphatic hydroxyl groups is 1. The Kier molecular flexibility index (Phi) is 5.20. The summed E-state index contributed by atoms with van der Waals surface area (Å²) in [4.78, 5) is 3.84. The van der Waals surface area contributed by atoms with E-state index in [9.17, 15) is 27.1 Å². The van der Waals surface area contributed by atoms with E-state index in [0.29, 0.717) is 17.1 Å². The van der Waals surface area contributed by atoms with E-state index in [-0.39, 0.29) is 11.3 Å². The summed E-state index contributed by atoms with van der Waals surface area (Å²) in [5.74, 6) is -1.65. The fraction of sp³-hybridized carbons (Fsp3) is 0.300. The molecule has 154 valence electrons. The Balaban J connectivity index is 2.01. The van der Waals surface area contributed by atoms with Gasteiger partial charge in [0.25, 0.3) is 0 Å². The molecular weight excluding hydrogens is 393 g/mol. The van der Waals surface area contributed by atoms with E-state index in [0.717, 1.165) is 18.2 Å². The summed E-state index contributed by atoms with van der Waals surface area (Å²) in [7, 11) is 0. The Bertz CT molecular complexity index is 1060. The average molecular weight is 411 g/mol. The van der Waals surface area contributed by atoms with Crippen LogP contribution in [0.3, 0.4) is 0 Å². The zero-order chi connectivity index (χ0) is 21.4. The van der Waals surface area contributed by atoms with Crippen LogP contribution in [0.1, 0.15) is 25.8 Å². The lowest BCUT2D eigenvalue weighted by molar-refractivity contribution is -0.234. The van der Waals surface area contributed by atoms with Crippen molar-refractivity contribution in [1.29, 1.82) is 0 Å². The van der Waals surface area contributed by atoms with Gasteiger partial charge in [-0.2, -0.15) is 18.3 Å². The van der Waals surface area contributed by atoms with Gasteiger partial charge in [-0.15, -0.1) is 0 Å². The third-order valence-corrected chi connectivity index (χ3v) is 4.74. The number of nitrogens with one attached hydrogen (secondary N) is 1. The molecule has 9 heteroatoms. The van der Waals surface area contributed by atoms with Crippen molar-refractivity contribution in [2.24, 2.45) is 4.99 Å². The first kappa shape index (κ1) is 20.9.